The third-order valence-electron chi connectivity index (χ3n) is 4.75. The largest absolute Gasteiger partial charge is 0.457 e. The first-order chi connectivity index (χ1) is 11.7. The van der Waals surface area contributed by atoms with Crippen molar-refractivity contribution in [1.29, 1.82) is 0 Å². The monoisotopic (exact) mass is 318 g/mol. The van der Waals surface area contributed by atoms with E-state index in [1.807, 2.05) is 36.4 Å². The molecule has 122 valence electrons. The summed E-state index contributed by atoms with van der Waals surface area (Å²) in [4.78, 5) is 4.86. The molecule has 3 nitrogen and oxygen atoms in total. The van der Waals surface area contributed by atoms with Crippen LogP contribution in [-0.4, -0.2) is 4.98 Å². The highest BCUT2D eigenvalue weighted by Gasteiger charge is 2.16. The van der Waals surface area contributed by atoms with E-state index < -0.39 is 0 Å². The Morgan fingerprint density at radius 1 is 0.958 bits per heavy atom. The van der Waals surface area contributed by atoms with Crippen molar-refractivity contribution in [1.82, 2.24) is 4.98 Å². The fourth-order valence-electron chi connectivity index (χ4n) is 3.49. The smallest absolute Gasteiger partial charge is 0.128 e. The molecule has 0 spiro atoms. The molecule has 3 aromatic rings. The van der Waals surface area contributed by atoms with Crippen molar-refractivity contribution >= 4 is 16.6 Å². The Kier molecular flexibility index (Phi) is 3.85. The quantitative estimate of drug-likeness (QED) is 0.662. The van der Waals surface area contributed by atoms with Gasteiger partial charge in [-0.15, -0.1) is 0 Å². The van der Waals surface area contributed by atoms with Gasteiger partial charge < -0.3 is 10.5 Å². The summed E-state index contributed by atoms with van der Waals surface area (Å²) in [6.07, 6.45) is 5.74. The molecular weight excluding hydrogens is 296 g/mol. The molecule has 2 N–H and O–H groups in total. The number of pyridine rings is 1. The molecule has 0 aliphatic heterocycles. The van der Waals surface area contributed by atoms with E-state index in [1.54, 1.807) is 0 Å². The summed E-state index contributed by atoms with van der Waals surface area (Å²) in [6.45, 7) is 2.06. The van der Waals surface area contributed by atoms with Crippen molar-refractivity contribution < 1.29 is 4.74 Å². The first kappa shape index (κ1) is 15.0. The second-order valence-corrected chi connectivity index (χ2v) is 6.61. The lowest BCUT2D eigenvalue weighted by Gasteiger charge is -2.13. The maximum absolute atomic E-state index is 6.50. The maximum atomic E-state index is 6.50. The molecule has 1 heterocycles. The summed E-state index contributed by atoms with van der Waals surface area (Å²) in [5, 5.41) is 1.00. The number of aryl methyl sites for hydroxylation is 2. The average molecular weight is 318 g/mol. The molecule has 0 radical (unpaired) electrons. The van der Waals surface area contributed by atoms with E-state index in [1.165, 1.54) is 36.1 Å². The second kappa shape index (κ2) is 6.16. The van der Waals surface area contributed by atoms with Crippen LogP contribution in [0.4, 0.5) is 5.69 Å². The van der Waals surface area contributed by atoms with Crippen LogP contribution in [0.5, 0.6) is 11.5 Å². The SMILES string of the molecule is Cc1cccc(Oc2ccc3nc4c(c(N)c3c2)CCCCC4)c1. The number of ether oxygens (including phenoxy) is 1. The fraction of sp³-hybridized carbons (Fsp3) is 0.286. The molecule has 0 bridgehead atoms. The number of nitrogens with two attached hydrogens (primary N) is 1. The van der Waals surface area contributed by atoms with Gasteiger partial charge in [0.05, 0.1) is 5.52 Å². The molecule has 0 atom stereocenters. The van der Waals surface area contributed by atoms with Gasteiger partial charge in [0, 0.05) is 16.8 Å². The molecule has 1 aliphatic carbocycles. The van der Waals surface area contributed by atoms with Crippen LogP contribution in [0.1, 0.15) is 36.1 Å². The predicted octanol–water partition coefficient (Wildman–Crippen LogP) is 5.19. The Morgan fingerprint density at radius 3 is 2.67 bits per heavy atom. The van der Waals surface area contributed by atoms with Crippen LogP contribution >= 0.6 is 0 Å². The van der Waals surface area contributed by atoms with Crippen molar-refractivity contribution in [2.75, 3.05) is 5.73 Å². The highest BCUT2D eigenvalue weighted by molar-refractivity contribution is 5.93. The van der Waals surface area contributed by atoms with Gasteiger partial charge in [-0.3, -0.25) is 4.98 Å². The van der Waals surface area contributed by atoms with Crippen molar-refractivity contribution in [3.8, 4) is 11.5 Å². The number of anilines is 1. The topological polar surface area (TPSA) is 48.1 Å². The number of nitrogens with zero attached hydrogens (tertiary/aromatic N) is 1. The molecule has 0 saturated heterocycles. The number of hydrogen-bond donors (Lipinski definition) is 1. The molecular formula is C21H22N2O. The standard InChI is InChI=1S/C21H22N2O/c1-14-6-5-7-15(12-14)24-16-10-11-20-18(13-16)21(22)17-8-3-2-4-9-19(17)23-20/h5-7,10-13H,2-4,8-9H2,1H3,(H2,22,23). The first-order valence-electron chi connectivity index (χ1n) is 8.66. The lowest BCUT2D eigenvalue weighted by molar-refractivity contribution is 0.483. The van der Waals surface area contributed by atoms with Gasteiger partial charge in [0.2, 0.25) is 0 Å². The number of fused-ring (bicyclic) bond motifs is 2. The van der Waals surface area contributed by atoms with E-state index >= 15 is 0 Å². The van der Waals surface area contributed by atoms with Crippen LogP contribution < -0.4 is 10.5 Å². The molecule has 0 fully saturated rings. The van der Waals surface area contributed by atoms with Crippen LogP contribution in [0, 0.1) is 6.92 Å². The number of aromatic nitrogens is 1. The highest BCUT2D eigenvalue weighted by atomic mass is 16.5. The average Bonchev–Trinajstić information content (AvgIpc) is 2.81. The molecule has 3 heteroatoms. The normalized spacial score (nSPS) is 14.2. The Morgan fingerprint density at radius 2 is 1.79 bits per heavy atom. The van der Waals surface area contributed by atoms with Gasteiger partial charge in [0.25, 0.3) is 0 Å². The predicted molar refractivity (Wildman–Crippen MR) is 98.7 cm³/mol. The van der Waals surface area contributed by atoms with Crippen molar-refractivity contribution in [3.05, 3.63) is 59.3 Å². The number of hydrogen-bond acceptors (Lipinski definition) is 3. The Hall–Kier alpha value is -2.55. The summed E-state index contributed by atoms with van der Waals surface area (Å²) in [5.74, 6) is 1.64. The van der Waals surface area contributed by atoms with Gasteiger partial charge in [-0.2, -0.15) is 0 Å². The number of nitrogen functional groups attached to an aromatic ring is 1. The molecule has 2 aromatic carbocycles. The lowest BCUT2D eigenvalue weighted by atomic mass is 10.0. The van der Waals surface area contributed by atoms with Crippen molar-refractivity contribution in [3.63, 3.8) is 0 Å². The lowest BCUT2D eigenvalue weighted by Crippen LogP contribution is -2.03. The summed E-state index contributed by atoms with van der Waals surface area (Å²) in [7, 11) is 0. The maximum Gasteiger partial charge on any atom is 0.128 e. The first-order valence-corrected chi connectivity index (χ1v) is 8.66. The van der Waals surface area contributed by atoms with Gasteiger partial charge in [0.1, 0.15) is 11.5 Å². The summed E-state index contributed by atoms with van der Waals surface area (Å²) < 4.78 is 6.01. The Labute approximate surface area is 142 Å². The zero-order chi connectivity index (χ0) is 16.5. The van der Waals surface area contributed by atoms with Crippen molar-refractivity contribution in [2.45, 2.75) is 39.0 Å². The summed E-state index contributed by atoms with van der Waals surface area (Å²) in [5.41, 5.74) is 12.0. The number of rotatable bonds is 2. The highest BCUT2D eigenvalue weighted by Crippen LogP contribution is 2.33. The van der Waals surface area contributed by atoms with Gasteiger partial charge in [-0.05, 0) is 74.1 Å². The van der Waals surface area contributed by atoms with Crippen LogP contribution in [0.3, 0.4) is 0 Å². The molecule has 4 rings (SSSR count). The third kappa shape index (κ3) is 2.82. The van der Waals surface area contributed by atoms with E-state index in [-0.39, 0.29) is 0 Å². The molecule has 0 amide bonds. The summed E-state index contributed by atoms with van der Waals surface area (Å²) in [6, 6.07) is 14.1. The molecule has 1 aliphatic rings. The van der Waals surface area contributed by atoms with E-state index in [0.717, 1.165) is 40.9 Å². The Balaban J connectivity index is 1.76. The van der Waals surface area contributed by atoms with Crippen LogP contribution in [0.2, 0.25) is 0 Å². The van der Waals surface area contributed by atoms with E-state index in [9.17, 15) is 0 Å². The van der Waals surface area contributed by atoms with E-state index in [4.69, 9.17) is 15.5 Å². The zero-order valence-corrected chi connectivity index (χ0v) is 14.0. The van der Waals surface area contributed by atoms with Gasteiger partial charge in [-0.25, -0.2) is 0 Å². The molecule has 0 unspecified atom stereocenters. The Bertz CT molecular complexity index is 902. The third-order valence-corrected chi connectivity index (χ3v) is 4.75. The van der Waals surface area contributed by atoms with Gasteiger partial charge in [0.15, 0.2) is 0 Å². The van der Waals surface area contributed by atoms with Crippen molar-refractivity contribution in [2.24, 2.45) is 0 Å². The van der Waals surface area contributed by atoms with Crippen LogP contribution in [0.25, 0.3) is 10.9 Å². The second-order valence-electron chi connectivity index (χ2n) is 6.61. The molecule has 1 aromatic heterocycles. The minimum Gasteiger partial charge on any atom is -0.457 e. The van der Waals surface area contributed by atoms with Crippen LogP contribution in [0.15, 0.2) is 42.5 Å². The minimum absolute atomic E-state index is 0.801. The molecule has 0 saturated carbocycles. The van der Waals surface area contributed by atoms with Crippen LogP contribution in [-0.2, 0) is 12.8 Å². The van der Waals surface area contributed by atoms with E-state index in [2.05, 4.69) is 13.0 Å². The number of benzene rings is 2. The molecule has 24 heavy (non-hydrogen) atoms. The summed E-state index contributed by atoms with van der Waals surface area (Å²) >= 11 is 0. The van der Waals surface area contributed by atoms with E-state index in [0.29, 0.717) is 0 Å². The minimum atomic E-state index is 0.801. The fourth-order valence-corrected chi connectivity index (χ4v) is 3.49. The van der Waals surface area contributed by atoms with Gasteiger partial charge in [-0.1, -0.05) is 18.6 Å². The van der Waals surface area contributed by atoms with Gasteiger partial charge >= 0.3 is 0 Å². The zero-order valence-electron chi connectivity index (χ0n) is 14.0.